The van der Waals surface area contributed by atoms with Crippen LogP contribution in [0.4, 0.5) is 5.69 Å². The highest BCUT2D eigenvalue weighted by Gasteiger charge is 2.32. The molecule has 0 aromatic heterocycles. The highest BCUT2D eigenvalue weighted by molar-refractivity contribution is 7.92. The van der Waals surface area contributed by atoms with Gasteiger partial charge in [-0.1, -0.05) is 47.0 Å². The van der Waals surface area contributed by atoms with Crippen LogP contribution in [0.2, 0.25) is 10.0 Å². The fourth-order valence-corrected chi connectivity index (χ4v) is 4.60. The number of carbonyl (C=O) groups excluding carboxylic acids is 2. The first-order valence-electron chi connectivity index (χ1n) is 10.7. The van der Waals surface area contributed by atoms with Crippen LogP contribution in [0.3, 0.4) is 0 Å². The Morgan fingerprint density at radius 3 is 2.03 bits per heavy atom. The lowest BCUT2D eigenvalue weighted by atomic mass is 10.1. The van der Waals surface area contributed by atoms with Crippen molar-refractivity contribution in [3.05, 3.63) is 63.6 Å². The highest BCUT2D eigenvalue weighted by atomic mass is 35.5. The van der Waals surface area contributed by atoms with E-state index in [2.05, 4.69) is 5.32 Å². The molecular weight excluding hydrogens is 497 g/mol. The summed E-state index contributed by atoms with van der Waals surface area (Å²) < 4.78 is 26.2. The quantitative estimate of drug-likeness (QED) is 0.551. The molecule has 1 atom stereocenters. The van der Waals surface area contributed by atoms with Gasteiger partial charge in [0.1, 0.15) is 12.6 Å². The molecule has 2 aromatic carbocycles. The number of halogens is 2. The second-order valence-corrected chi connectivity index (χ2v) is 12.0. The molecule has 0 spiro atoms. The second-order valence-electron chi connectivity index (χ2n) is 9.24. The molecule has 0 saturated heterocycles. The molecule has 2 aromatic rings. The van der Waals surface area contributed by atoms with Gasteiger partial charge in [0.15, 0.2) is 0 Å². The Bertz CT molecular complexity index is 1130. The van der Waals surface area contributed by atoms with Crippen LogP contribution in [0.1, 0.15) is 38.8 Å². The van der Waals surface area contributed by atoms with Crippen molar-refractivity contribution in [1.29, 1.82) is 0 Å². The molecule has 0 heterocycles. The lowest BCUT2D eigenvalue weighted by Crippen LogP contribution is -2.54. The summed E-state index contributed by atoms with van der Waals surface area (Å²) in [6.45, 7) is 8.40. The Hall–Kier alpha value is -2.29. The molecular formula is C24H31Cl2N3O4S. The van der Waals surface area contributed by atoms with E-state index in [1.807, 2.05) is 27.7 Å². The Morgan fingerprint density at radius 1 is 1.03 bits per heavy atom. The molecule has 0 aliphatic rings. The Labute approximate surface area is 212 Å². The molecule has 186 valence electrons. The van der Waals surface area contributed by atoms with Gasteiger partial charge in [-0.25, -0.2) is 8.42 Å². The number of rotatable bonds is 8. The van der Waals surface area contributed by atoms with Crippen LogP contribution < -0.4 is 9.62 Å². The van der Waals surface area contributed by atoms with Crippen LogP contribution in [0, 0.1) is 6.92 Å². The zero-order valence-corrected chi connectivity index (χ0v) is 22.6. The van der Waals surface area contributed by atoms with Crippen LogP contribution in [-0.4, -0.2) is 49.5 Å². The van der Waals surface area contributed by atoms with E-state index in [-0.39, 0.29) is 12.5 Å². The van der Waals surface area contributed by atoms with Crippen molar-refractivity contribution in [2.24, 2.45) is 0 Å². The molecule has 0 radical (unpaired) electrons. The van der Waals surface area contributed by atoms with Gasteiger partial charge < -0.3 is 10.2 Å². The molecule has 0 saturated carbocycles. The van der Waals surface area contributed by atoms with Crippen molar-refractivity contribution < 1.29 is 18.0 Å². The van der Waals surface area contributed by atoms with Gasteiger partial charge >= 0.3 is 0 Å². The molecule has 0 unspecified atom stereocenters. The number of carbonyl (C=O) groups is 2. The minimum atomic E-state index is -3.79. The molecule has 10 heteroatoms. The molecule has 0 aliphatic carbocycles. The summed E-state index contributed by atoms with van der Waals surface area (Å²) in [6, 6.07) is 10.8. The summed E-state index contributed by atoms with van der Waals surface area (Å²) in [6.07, 6.45) is 1.03. The molecule has 7 nitrogen and oxygen atoms in total. The van der Waals surface area contributed by atoms with Gasteiger partial charge in [0, 0.05) is 27.7 Å². The molecule has 1 N–H and O–H groups in total. The first-order chi connectivity index (χ1) is 15.6. The van der Waals surface area contributed by atoms with Crippen LogP contribution in [0.5, 0.6) is 0 Å². The van der Waals surface area contributed by atoms with Crippen molar-refractivity contribution in [2.75, 3.05) is 17.1 Å². The number of aryl methyl sites for hydroxylation is 1. The summed E-state index contributed by atoms with van der Waals surface area (Å²) in [4.78, 5) is 27.8. The zero-order chi connectivity index (χ0) is 25.8. The van der Waals surface area contributed by atoms with Gasteiger partial charge in [-0.3, -0.25) is 13.9 Å². The number of hydrogen-bond donors (Lipinski definition) is 1. The average molecular weight is 529 g/mol. The summed E-state index contributed by atoms with van der Waals surface area (Å²) >= 11 is 12.7. The average Bonchev–Trinajstić information content (AvgIpc) is 2.70. The van der Waals surface area contributed by atoms with Crippen molar-refractivity contribution in [3.63, 3.8) is 0 Å². The monoisotopic (exact) mass is 527 g/mol. The minimum absolute atomic E-state index is 0.0679. The predicted octanol–water partition coefficient (Wildman–Crippen LogP) is 4.40. The fourth-order valence-electron chi connectivity index (χ4n) is 3.24. The van der Waals surface area contributed by atoms with Crippen LogP contribution in [-0.2, 0) is 26.2 Å². The van der Waals surface area contributed by atoms with E-state index in [0.29, 0.717) is 21.3 Å². The number of benzene rings is 2. The molecule has 0 fully saturated rings. The third-order valence-corrected chi connectivity index (χ3v) is 6.91. The number of hydrogen-bond acceptors (Lipinski definition) is 4. The van der Waals surface area contributed by atoms with Crippen LogP contribution in [0.15, 0.2) is 42.5 Å². The third kappa shape index (κ3) is 7.61. The summed E-state index contributed by atoms with van der Waals surface area (Å²) in [5.74, 6) is -0.955. The molecule has 34 heavy (non-hydrogen) atoms. The third-order valence-electron chi connectivity index (χ3n) is 5.06. The van der Waals surface area contributed by atoms with E-state index in [1.165, 1.54) is 4.90 Å². The predicted molar refractivity (Wildman–Crippen MR) is 138 cm³/mol. The summed E-state index contributed by atoms with van der Waals surface area (Å²) in [5.41, 5.74) is 1.24. The standard InChI is InChI=1S/C24H31Cl2N3O4S/c1-16-10-12-18(13-11-16)29(34(6,32)33)15-22(30)28(17(2)23(31)27-24(3,4)5)14-19-20(25)8-7-9-21(19)26/h7-13,17H,14-15H2,1-6H3,(H,27,31)/t17-/m1/s1. The number of amides is 2. The maximum atomic E-state index is 13.5. The van der Waals surface area contributed by atoms with Crippen LogP contribution in [0.25, 0.3) is 0 Å². The largest absolute Gasteiger partial charge is 0.350 e. The lowest BCUT2D eigenvalue weighted by Gasteiger charge is -2.33. The van der Waals surface area contributed by atoms with Gasteiger partial charge in [0.2, 0.25) is 21.8 Å². The lowest BCUT2D eigenvalue weighted by molar-refractivity contribution is -0.140. The Morgan fingerprint density at radius 2 is 1.56 bits per heavy atom. The summed E-state index contributed by atoms with van der Waals surface area (Å²) in [7, 11) is -3.79. The van der Waals surface area contributed by atoms with Crippen molar-refractivity contribution >= 4 is 50.7 Å². The van der Waals surface area contributed by atoms with Crippen LogP contribution >= 0.6 is 23.2 Å². The van der Waals surface area contributed by atoms with E-state index in [9.17, 15) is 18.0 Å². The zero-order valence-electron chi connectivity index (χ0n) is 20.2. The van der Waals surface area contributed by atoms with E-state index in [4.69, 9.17) is 23.2 Å². The first kappa shape index (κ1) is 28.0. The van der Waals surface area contributed by atoms with E-state index >= 15 is 0 Å². The van der Waals surface area contributed by atoms with Crippen molar-refractivity contribution in [3.8, 4) is 0 Å². The van der Waals surface area contributed by atoms with Gasteiger partial charge in [-0.05, 0) is 58.9 Å². The minimum Gasteiger partial charge on any atom is -0.350 e. The molecule has 2 amide bonds. The van der Waals surface area contributed by atoms with Crippen molar-refractivity contribution in [1.82, 2.24) is 10.2 Å². The van der Waals surface area contributed by atoms with E-state index < -0.39 is 34.1 Å². The van der Waals surface area contributed by atoms with E-state index in [1.54, 1.807) is 49.4 Å². The molecule has 0 bridgehead atoms. The van der Waals surface area contributed by atoms with Gasteiger partial charge in [0.25, 0.3) is 0 Å². The molecule has 0 aliphatic heterocycles. The van der Waals surface area contributed by atoms with Crippen molar-refractivity contribution in [2.45, 2.75) is 52.7 Å². The number of nitrogens with one attached hydrogen (secondary N) is 1. The van der Waals surface area contributed by atoms with E-state index in [0.717, 1.165) is 16.1 Å². The normalized spacial score (nSPS) is 12.7. The smallest absolute Gasteiger partial charge is 0.244 e. The second kappa shape index (κ2) is 11.0. The topological polar surface area (TPSA) is 86.8 Å². The SMILES string of the molecule is Cc1ccc(N(CC(=O)N(Cc2c(Cl)cccc2Cl)[C@H](C)C(=O)NC(C)(C)C)S(C)(=O)=O)cc1. The number of anilines is 1. The van der Waals surface area contributed by atoms with Gasteiger partial charge in [0.05, 0.1) is 11.9 Å². The number of nitrogens with zero attached hydrogens (tertiary/aromatic N) is 2. The maximum absolute atomic E-state index is 13.5. The Kier molecular flexibility index (Phi) is 9.02. The molecule has 2 rings (SSSR count). The number of sulfonamides is 1. The Balaban J connectivity index is 2.46. The first-order valence-corrected chi connectivity index (χ1v) is 13.3. The van der Waals surface area contributed by atoms with Gasteiger partial charge in [-0.2, -0.15) is 0 Å². The highest BCUT2D eigenvalue weighted by Crippen LogP contribution is 2.27. The maximum Gasteiger partial charge on any atom is 0.244 e. The summed E-state index contributed by atoms with van der Waals surface area (Å²) in [5, 5.41) is 3.54. The van der Waals surface area contributed by atoms with Gasteiger partial charge in [-0.15, -0.1) is 0 Å². The fraction of sp³-hybridized carbons (Fsp3) is 0.417.